The molecule has 1 aliphatic heterocycles. The molecule has 1 aromatic carbocycles. The van der Waals surface area contributed by atoms with E-state index in [-0.39, 0.29) is 0 Å². The number of anilines is 1. The van der Waals surface area contributed by atoms with Gasteiger partial charge in [-0.1, -0.05) is 6.92 Å². The number of ether oxygens (including phenoxy) is 1. The summed E-state index contributed by atoms with van der Waals surface area (Å²) in [5, 5.41) is 11.7. The lowest BCUT2D eigenvalue weighted by atomic mass is 10.1. The molecule has 1 aromatic heterocycles. The number of aromatic nitrogens is 3. The zero-order valence-corrected chi connectivity index (χ0v) is 10.6. The lowest BCUT2D eigenvalue weighted by Crippen LogP contribution is -2.25. The Morgan fingerprint density at radius 2 is 2.06 bits per heavy atom. The molecule has 0 amide bonds. The molecule has 0 aliphatic carbocycles. The molecule has 0 fully saturated rings. The molecule has 0 spiro atoms. The molecule has 1 atom stereocenters. The van der Waals surface area contributed by atoms with Gasteiger partial charge in [0, 0.05) is 18.7 Å². The van der Waals surface area contributed by atoms with Crippen molar-refractivity contribution in [1.29, 1.82) is 0 Å². The maximum Gasteiger partial charge on any atom is 0.224 e. The van der Waals surface area contributed by atoms with Gasteiger partial charge in [-0.2, -0.15) is 0 Å². The molecular formula is C13H16N4O. The fourth-order valence-corrected chi connectivity index (χ4v) is 2.20. The van der Waals surface area contributed by atoms with Crippen LogP contribution < -0.4 is 10.1 Å². The predicted octanol–water partition coefficient (Wildman–Crippen LogP) is 2.02. The quantitative estimate of drug-likeness (QED) is 0.878. The number of nitrogens with zero attached hydrogens (tertiary/aromatic N) is 3. The number of hydrogen-bond acceptors (Lipinski definition) is 4. The van der Waals surface area contributed by atoms with Crippen LogP contribution in [0.4, 0.5) is 5.95 Å². The van der Waals surface area contributed by atoms with Gasteiger partial charge in [0.1, 0.15) is 5.75 Å². The molecule has 18 heavy (non-hydrogen) atoms. The molecule has 1 unspecified atom stereocenters. The normalized spacial score (nSPS) is 18.0. The molecule has 0 bridgehead atoms. The molecule has 0 radical (unpaired) electrons. The first-order valence-electron chi connectivity index (χ1n) is 6.09. The second-order valence-electron chi connectivity index (χ2n) is 4.67. The minimum absolute atomic E-state index is 0.588. The molecule has 1 aliphatic rings. The van der Waals surface area contributed by atoms with Crippen molar-refractivity contribution in [2.75, 3.05) is 19.0 Å². The molecule has 2 heterocycles. The Morgan fingerprint density at radius 1 is 1.28 bits per heavy atom. The Kier molecular flexibility index (Phi) is 2.66. The molecular weight excluding hydrogens is 228 g/mol. The van der Waals surface area contributed by atoms with E-state index in [2.05, 4.69) is 27.0 Å². The van der Waals surface area contributed by atoms with Crippen LogP contribution >= 0.6 is 0 Å². The average molecular weight is 244 g/mol. The second kappa shape index (κ2) is 4.33. The van der Waals surface area contributed by atoms with Crippen molar-refractivity contribution in [3.8, 4) is 17.1 Å². The molecule has 1 N–H and O–H groups in total. The number of fused-ring (bicyclic) bond motifs is 1. The number of benzene rings is 1. The summed E-state index contributed by atoms with van der Waals surface area (Å²) in [6.07, 6.45) is 0. The van der Waals surface area contributed by atoms with Gasteiger partial charge in [-0.25, -0.2) is 0 Å². The highest BCUT2D eigenvalue weighted by atomic mass is 16.5. The maximum absolute atomic E-state index is 5.16. The van der Waals surface area contributed by atoms with Gasteiger partial charge in [-0.15, -0.1) is 10.2 Å². The highest BCUT2D eigenvalue weighted by Crippen LogP contribution is 2.26. The van der Waals surface area contributed by atoms with Crippen molar-refractivity contribution in [3.63, 3.8) is 0 Å². The number of rotatable bonds is 2. The molecule has 5 nitrogen and oxygen atoms in total. The van der Waals surface area contributed by atoms with Crippen LogP contribution in [-0.2, 0) is 6.54 Å². The van der Waals surface area contributed by atoms with Crippen LogP contribution in [0.3, 0.4) is 0 Å². The van der Waals surface area contributed by atoms with E-state index in [0.29, 0.717) is 5.92 Å². The summed E-state index contributed by atoms with van der Waals surface area (Å²) in [7, 11) is 1.67. The summed E-state index contributed by atoms with van der Waals surface area (Å²) >= 11 is 0. The maximum atomic E-state index is 5.16. The van der Waals surface area contributed by atoms with Crippen molar-refractivity contribution >= 4 is 5.95 Å². The zero-order chi connectivity index (χ0) is 12.5. The van der Waals surface area contributed by atoms with Crippen molar-refractivity contribution in [2.45, 2.75) is 13.5 Å². The van der Waals surface area contributed by atoms with E-state index in [1.54, 1.807) is 7.11 Å². The largest absolute Gasteiger partial charge is 0.497 e. The van der Waals surface area contributed by atoms with Gasteiger partial charge in [0.25, 0.3) is 0 Å². The molecule has 0 saturated heterocycles. The first kappa shape index (κ1) is 11.1. The number of methoxy groups -OCH3 is 1. The number of hydrogen-bond donors (Lipinski definition) is 1. The summed E-state index contributed by atoms with van der Waals surface area (Å²) in [4.78, 5) is 0. The third-order valence-corrected chi connectivity index (χ3v) is 3.20. The van der Waals surface area contributed by atoms with Gasteiger partial charge in [0.15, 0.2) is 5.82 Å². The van der Waals surface area contributed by atoms with E-state index in [0.717, 1.165) is 36.2 Å². The van der Waals surface area contributed by atoms with Crippen molar-refractivity contribution in [1.82, 2.24) is 14.8 Å². The Morgan fingerprint density at radius 3 is 2.78 bits per heavy atom. The van der Waals surface area contributed by atoms with E-state index >= 15 is 0 Å². The lowest BCUT2D eigenvalue weighted by molar-refractivity contribution is 0.415. The summed E-state index contributed by atoms with van der Waals surface area (Å²) in [6, 6.07) is 7.90. The zero-order valence-electron chi connectivity index (χ0n) is 10.6. The average Bonchev–Trinajstić information content (AvgIpc) is 2.82. The first-order valence-corrected chi connectivity index (χ1v) is 6.09. The lowest BCUT2D eigenvalue weighted by Gasteiger charge is -2.22. The molecule has 5 heteroatoms. The highest BCUT2D eigenvalue weighted by molar-refractivity contribution is 5.58. The third kappa shape index (κ3) is 1.81. The summed E-state index contributed by atoms with van der Waals surface area (Å²) in [5.74, 6) is 3.21. The third-order valence-electron chi connectivity index (χ3n) is 3.20. The topological polar surface area (TPSA) is 52.0 Å². The fourth-order valence-electron chi connectivity index (χ4n) is 2.20. The molecule has 94 valence electrons. The van der Waals surface area contributed by atoms with Crippen LogP contribution in [0.1, 0.15) is 6.92 Å². The monoisotopic (exact) mass is 244 g/mol. The Bertz CT molecular complexity index is 547. The summed E-state index contributed by atoms with van der Waals surface area (Å²) in [5.41, 5.74) is 1.06. The van der Waals surface area contributed by atoms with E-state index in [1.807, 2.05) is 24.3 Å². The minimum atomic E-state index is 0.588. The van der Waals surface area contributed by atoms with Gasteiger partial charge in [-0.05, 0) is 30.2 Å². The van der Waals surface area contributed by atoms with E-state index < -0.39 is 0 Å². The van der Waals surface area contributed by atoms with E-state index in [1.165, 1.54) is 0 Å². The Balaban J connectivity index is 1.98. The second-order valence-corrected chi connectivity index (χ2v) is 4.67. The van der Waals surface area contributed by atoms with Crippen LogP contribution in [0.2, 0.25) is 0 Å². The molecule has 2 aromatic rings. The Hall–Kier alpha value is -2.04. The fraction of sp³-hybridized carbons (Fsp3) is 0.385. The number of nitrogens with one attached hydrogen (secondary N) is 1. The van der Waals surface area contributed by atoms with Gasteiger partial charge < -0.3 is 10.1 Å². The van der Waals surface area contributed by atoms with Crippen LogP contribution in [-0.4, -0.2) is 28.4 Å². The highest BCUT2D eigenvalue weighted by Gasteiger charge is 2.20. The standard InChI is InChI=1S/C13H16N4O/c1-9-7-14-13-16-15-12(17(13)8-9)10-3-5-11(18-2)6-4-10/h3-6,9H,7-8H2,1-2H3,(H,14,16). The van der Waals surface area contributed by atoms with Crippen LogP contribution in [0.25, 0.3) is 11.4 Å². The van der Waals surface area contributed by atoms with Gasteiger partial charge in [0.05, 0.1) is 7.11 Å². The Labute approximate surface area is 106 Å². The van der Waals surface area contributed by atoms with Gasteiger partial charge >= 0.3 is 0 Å². The smallest absolute Gasteiger partial charge is 0.224 e. The predicted molar refractivity (Wildman–Crippen MR) is 69.7 cm³/mol. The van der Waals surface area contributed by atoms with Gasteiger partial charge in [0.2, 0.25) is 5.95 Å². The summed E-state index contributed by atoms with van der Waals surface area (Å²) in [6.45, 7) is 4.13. The molecule has 3 rings (SSSR count). The SMILES string of the molecule is COc1ccc(-c2nnc3n2CC(C)CN3)cc1. The van der Waals surface area contributed by atoms with Crippen molar-refractivity contribution < 1.29 is 4.74 Å². The van der Waals surface area contributed by atoms with Crippen LogP contribution in [0, 0.1) is 5.92 Å². The van der Waals surface area contributed by atoms with Crippen LogP contribution in [0.15, 0.2) is 24.3 Å². The minimum Gasteiger partial charge on any atom is -0.497 e. The summed E-state index contributed by atoms with van der Waals surface area (Å²) < 4.78 is 7.30. The van der Waals surface area contributed by atoms with Gasteiger partial charge in [-0.3, -0.25) is 4.57 Å². The van der Waals surface area contributed by atoms with E-state index in [4.69, 9.17) is 4.74 Å². The van der Waals surface area contributed by atoms with Crippen molar-refractivity contribution in [2.24, 2.45) is 5.92 Å². The van der Waals surface area contributed by atoms with Crippen LogP contribution in [0.5, 0.6) is 5.75 Å². The van der Waals surface area contributed by atoms with E-state index in [9.17, 15) is 0 Å². The first-order chi connectivity index (χ1) is 8.78. The molecule has 0 saturated carbocycles. The van der Waals surface area contributed by atoms with Crippen molar-refractivity contribution in [3.05, 3.63) is 24.3 Å².